The van der Waals surface area contributed by atoms with Gasteiger partial charge in [-0.15, -0.1) is 0 Å². The van der Waals surface area contributed by atoms with E-state index >= 15 is 0 Å². The molecular weight excluding hydrogens is 196 g/mol. The fourth-order valence-electron chi connectivity index (χ4n) is 1.28. The maximum Gasteiger partial charge on any atom is 0.347 e. The quantitative estimate of drug-likeness (QED) is 0.685. The van der Waals surface area contributed by atoms with Gasteiger partial charge in [0.15, 0.2) is 0 Å². The number of hydrogen-bond donors (Lipinski definition) is 2. The normalized spacial score (nSPS) is 10.2. The van der Waals surface area contributed by atoms with Crippen LogP contribution in [0.15, 0.2) is 29.3 Å². The van der Waals surface area contributed by atoms with Crippen molar-refractivity contribution in [2.75, 3.05) is 12.8 Å². The van der Waals surface area contributed by atoms with E-state index in [0.29, 0.717) is 17.1 Å². The van der Waals surface area contributed by atoms with Gasteiger partial charge < -0.3 is 10.5 Å². The first-order chi connectivity index (χ1) is 7.22. The summed E-state index contributed by atoms with van der Waals surface area (Å²) < 4.78 is 6.42. The number of nitrogens with zero attached hydrogens (tertiary/aromatic N) is 2. The van der Waals surface area contributed by atoms with E-state index in [2.05, 4.69) is 10.2 Å². The minimum absolute atomic E-state index is 0.304. The van der Waals surface area contributed by atoms with Crippen LogP contribution in [0.3, 0.4) is 0 Å². The molecule has 3 N–H and O–H groups in total. The summed E-state index contributed by atoms with van der Waals surface area (Å²) in [7, 11) is 1.52. The van der Waals surface area contributed by atoms with Gasteiger partial charge in [0.05, 0.1) is 18.5 Å². The lowest BCUT2D eigenvalue weighted by Crippen LogP contribution is -2.14. The van der Waals surface area contributed by atoms with Crippen LogP contribution < -0.4 is 16.2 Å². The zero-order valence-corrected chi connectivity index (χ0v) is 8.10. The summed E-state index contributed by atoms with van der Waals surface area (Å²) in [5, 5.41) is 5.93. The van der Waals surface area contributed by atoms with Gasteiger partial charge in [0, 0.05) is 6.07 Å². The van der Waals surface area contributed by atoms with E-state index in [-0.39, 0.29) is 5.69 Å². The number of aromatic nitrogens is 3. The largest absolute Gasteiger partial charge is 0.495 e. The van der Waals surface area contributed by atoms with Crippen molar-refractivity contribution in [1.82, 2.24) is 14.8 Å². The summed E-state index contributed by atoms with van der Waals surface area (Å²) in [6.45, 7) is 0. The van der Waals surface area contributed by atoms with Crippen molar-refractivity contribution in [2.45, 2.75) is 0 Å². The fourth-order valence-corrected chi connectivity index (χ4v) is 1.28. The molecule has 0 aliphatic heterocycles. The zero-order valence-electron chi connectivity index (χ0n) is 8.10. The highest BCUT2D eigenvalue weighted by Crippen LogP contribution is 2.23. The number of aromatic amines is 1. The van der Waals surface area contributed by atoms with Crippen molar-refractivity contribution in [3.8, 4) is 11.4 Å². The molecule has 0 radical (unpaired) electrons. The first kappa shape index (κ1) is 9.32. The van der Waals surface area contributed by atoms with Crippen LogP contribution in [0.4, 0.5) is 5.69 Å². The smallest absolute Gasteiger partial charge is 0.347 e. The van der Waals surface area contributed by atoms with Crippen LogP contribution in [-0.2, 0) is 0 Å². The van der Waals surface area contributed by atoms with Crippen molar-refractivity contribution in [3.05, 3.63) is 35.0 Å². The Kier molecular flexibility index (Phi) is 2.17. The number of hydrogen-bond acceptors (Lipinski definition) is 4. The van der Waals surface area contributed by atoms with Crippen LogP contribution >= 0.6 is 0 Å². The van der Waals surface area contributed by atoms with Crippen molar-refractivity contribution in [3.63, 3.8) is 0 Å². The van der Waals surface area contributed by atoms with Crippen molar-refractivity contribution < 1.29 is 4.74 Å². The lowest BCUT2D eigenvalue weighted by molar-refractivity contribution is 0.417. The molecule has 2 aromatic rings. The van der Waals surface area contributed by atoms with E-state index in [4.69, 9.17) is 10.5 Å². The molecule has 0 fully saturated rings. The molecule has 1 heterocycles. The molecule has 1 aromatic carbocycles. The first-order valence-electron chi connectivity index (χ1n) is 4.28. The van der Waals surface area contributed by atoms with Crippen LogP contribution in [0.5, 0.6) is 5.75 Å². The molecule has 6 nitrogen and oxygen atoms in total. The Hall–Kier alpha value is -2.24. The summed E-state index contributed by atoms with van der Waals surface area (Å²) in [6.07, 6.45) is 1.40. The predicted octanol–water partition coefficient (Wildman–Crippen LogP) is 0.151. The number of methoxy groups -OCH3 is 1. The van der Waals surface area contributed by atoms with Crippen LogP contribution in [0.1, 0.15) is 0 Å². The fraction of sp³-hybridized carbons (Fsp3) is 0.111. The van der Waals surface area contributed by atoms with Gasteiger partial charge in [-0.25, -0.2) is 14.5 Å². The molecule has 0 amide bonds. The maximum atomic E-state index is 11.3. The Morgan fingerprint density at radius 2 is 2.33 bits per heavy atom. The average Bonchev–Trinajstić information content (AvgIpc) is 2.65. The van der Waals surface area contributed by atoms with Crippen molar-refractivity contribution in [1.29, 1.82) is 0 Å². The summed E-state index contributed by atoms with van der Waals surface area (Å²) in [5.74, 6) is 0.528. The zero-order chi connectivity index (χ0) is 10.8. The molecule has 15 heavy (non-hydrogen) atoms. The second kappa shape index (κ2) is 3.49. The Morgan fingerprint density at radius 1 is 1.53 bits per heavy atom. The molecule has 6 heteroatoms. The molecular formula is C9H10N4O2. The van der Waals surface area contributed by atoms with Gasteiger partial charge in [0.25, 0.3) is 0 Å². The Morgan fingerprint density at radius 3 is 2.93 bits per heavy atom. The van der Waals surface area contributed by atoms with E-state index in [0.717, 1.165) is 0 Å². The van der Waals surface area contributed by atoms with Gasteiger partial charge in [0.2, 0.25) is 0 Å². The molecule has 0 aliphatic rings. The average molecular weight is 206 g/mol. The number of nitrogens with two attached hydrogens (primary N) is 1. The summed E-state index contributed by atoms with van der Waals surface area (Å²) in [4.78, 5) is 11.3. The molecule has 0 spiro atoms. The number of ether oxygens (including phenoxy) is 1. The highest BCUT2D eigenvalue weighted by Gasteiger charge is 2.04. The van der Waals surface area contributed by atoms with Gasteiger partial charge in [-0.1, -0.05) is 0 Å². The molecule has 78 valence electrons. The molecule has 2 rings (SSSR count). The molecule has 0 saturated carbocycles. The maximum absolute atomic E-state index is 11.3. The number of H-pyrrole nitrogens is 1. The lowest BCUT2D eigenvalue weighted by atomic mass is 10.2. The molecule has 0 unspecified atom stereocenters. The Labute approximate surface area is 85.3 Å². The van der Waals surface area contributed by atoms with Gasteiger partial charge >= 0.3 is 5.69 Å². The van der Waals surface area contributed by atoms with Crippen molar-refractivity contribution in [2.24, 2.45) is 0 Å². The third-order valence-corrected chi connectivity index (χ3v) is 2.05. The van der Waals surface area contributed by atoms with Gasteiger partial charge in [-0.2, -0.15) is 5.10 Å². The SMILES string of the molecule is COc1cc(-n2cn[nH]c2=O)ccc1N. The number of rotatable bonds is 2. The molecule has 0 aliphatic carbocycles. The number of nitrogens with one attached hydrogen (secondary N) is 1. The monoisotopic (exact) mass is 206 g/mol. The summed E-state index contributed by atoms with van der Waals surface area (Å²) >= 11 is 0. The second-order valence-electron chi connectivity index (χ2n) is 2.96. The summed E-state index contributed by atoms with van der Waals surface area (Å²) in [5.41, 5.74) is 6.53. The Bertz CT molecular complexity index is 529. The lowest BCUT2D eigenvalue weighted by Gasteiger charge is -2.06. The van der Waals surface area contributed by atoms with E-state index in [1.807, 2.05) is 0 Å². The van der Waals surface area contributed by atoms with Crippen LogP contribution in [-0.4, -0.2) is 21.9 Å². The van der Waals surface area contributed by atoms with Crippen LogP contribution in [0.2, 0.25) is 0 Å². The van der Waals surface area contributed by atoms with Gasteiger partial charge in [-0.05, 0) is 12.1 Å². The molecule has 0 bridgehead atoms. The first-order valence-corrected chi connectivity index (χ1v) is 4.28. The van der Waals surface area contributed by atoms with Crippen LogP contribution in [0, 0.1) is 0 Å². The minimum Gasteiger partial charge on any atom is -0.495 e. The van der Waals surface area contributed by atoms with Crippen molar-refractivity contribution >= 4 is 5.69 Å². The Balaban J connectivity index is 2.55. The predicted molar refractivity (Wildman–Crippen MR) is 55.1 cm³/mol. The van der Waals surface area contributed by atoms with E-state index in [9.17, 15) is 4.79 Å². The molecule has 1 aromatic heterocycles. The summed E-state index contributed by atoms with van der Waals surface area (Å²) in [6, 6.07) is 5.06. The van der Waals surface area contributed by atoms with E-state index < -0.39 is 0 Å². The molecule has 0 saturated heterocycles. The highest BCUT2D eigenvalue weighted by atomic mass is 16.5. The standard InChI is InChI=1S/C9H10N4O2/c1-15-8-4-6(2-3-7(8)10)13-5-11-12-9(13)14/h2-5H,10H2,1H3,(H,12,14). The number of benzene rings is 1. The topological polar surface area (TPSA) is 85.9 Å². The second-order valence-corrected chi connectivity index (χ2v) is 2.96. The third kappa shape index (κ3) is 1.56. The minimum atomic E-state index is -0.304. The molecule has 0 atom stereocenters. The van der Waals surface area contributed by atoms with Gasteiger partial charge in [0.1, 0.15) is 12.1 Å². The van der Waals surface area contributed by atoms with Crippen LogP contribution in [0.25, 0.3) is 5.69 Å². The highest BCUT2D eigenvalue weighted by molar-refractivity contribution is 5.57. The third-order valence-electron chi connectivity index (χ3n) is 2.05. The van der Waals surface area contributed by atoms with Gasteiger partial charge in [-0.3, -0.25) is 0 Å². The van der Waals surface area contributed by atoms with E-state index in [1.54, 1.807) is 18.2 Å². The number of anilines is 1. The van der Waals surface area contributed by atoms with E-state index in [1.165, 1.54) is 18.0 Å². The number of nitrogen functional groups attached to an aromatic ring is 1.